The van der Waals surface area contributed by atoms with Crippen LogP contribution in [0.15, 0.2) is 5.38 Å². The predicted octanol–water partition coefficient (Wildman–Crippen LogP) is 1.18. The number of hydrogen-bond acceptors (Lipinski definition) is 5. The fourth-order valence-corrected chi connectivity index (χ4v) is 2.97. The molecular formula is C12H15N3O4S. The Morgan fingerprint density at radius 1 is 1.55 bits per heavy atom. The van der Waals surface area contributed by atoms with Crippen molar-refractivity contribution in [3.63, 3.8) is 0 Å². The van der Waals surface area contributed by atoms with Gasteiger partial charge in [-0.15, -0.1) is 11.3 Å². The highest BCUT2D eigenvalue weighted by molar-refractivity contribution is 7.14. The number of likely N-dealkylation sites (tertiary alicyclic amines) is 1. The molecular weight excluding hydrogens is 282 g/mol. The van der Waals surface area contributed by atoms with E-state index in [2.05, 4.69) is 10.3 Å². The molecule has 0 radical (unpaired) electrons. The molecule has 2 rings (SSSR count). The fourth-order valence-electron chi connectivity index (χ4n) is 2.24. The van der Waals surface area contributed by atoms with E-state index in [9.17, 15) is 14.4 Å². The molecule has 1 saturated heterocycles. The number of aromatic nitrogens is 1. The number of carboxylic acid groups (broad SMARTS) is 1. The molecule has 0 saturated carbocycles. The number of nitrogens with one attached hydrogen (secondary N) is 1. The van der Waals surface area contributed by atoms with Crippen LogP contribution in [-0.2, 0) is 9.59 Å². The Morgan fingerprint density at radius 3 is 2.95 bits per heavy atom. The Balaban J connectivity index is 2.08. The van der Waals surface area contributed by atoms with Crippen molar-refractivity contribution in [1.29, 1.82) is 0 Å². The zero-order valence-corrected chi connectivity index (χ0v) is 11.8. The van der Waals surface area contributed by atoms with Gasteiger partial charge in [0, 0.05) is 24.9 Å². The third-order valence-electron chi connectivity index (χ3n) is 3.05. The topological polar surface area (TPSA) is 99.6 Å². The number of carbonyl (C=O) groups excluding carboxylic acids is 2. The molecule has 0 aliphatic carbocycles. The molecule has 1 fully saturated rings. The first-order valence-corrected chi connectivity index (χ1v) is 7.11. The molecule has 1 aromatic heterocycles. The summed E-state index contributed by atoms with van der Waals surface area (Å²) in [6, 6.07) is -0.272. The van der Waals surface area contributed by atoms with Gasteiger partial charge in [0.15, 0.2) is 5.13 Å². The molecule has 1 aromatic rings. The highest BCUT2D eigenvalue weighted by atomic mass is 32.1. The number of carbonyl (C=O) groups is 3. The normalized spacial score (nSPS) is 18.1. The minimum atomic E-state index is -0.910. The average Bonchev–Trinajstić information content (AvgIpc) is 2.96. The maximum Gasteiger partial charge on any atom is 0.305 e. The van der Waals surface area contributed by atoms with Gasteiger partial charge in [-0.2, -0.15) is 0 Å². The third kappa shape index (κ3) is 3.32. The molecule has 0 bridgehead atoms. The van der Waals surface area contributed by atoms with E-state index in [4.69, 9.17) is 5.11 Å². The molecule has 0 spiro atoms. The van der Waals surface area contributed by atoms with Crippen molar-refractivity contribution in [3.8, 4) is 0 Å². The van der Waals surface area contributed by atoms with Crippen LogP contribution in [0, 0.1) is 0 Å². The summed E-state index contributed by atoms with van der Waals surface area (Å²) in [5.74, 6) is -1.43. The van der Waals surface area contributed by atoms with Crippen LogP contribution in [0.2, 0.25) is 0 Å². The van der Waals surface area contributed by atoms with Crippen molar-refractivity contribution in [2.45, 2.75) is 32.2 Å². The number of amides is 2. The molecule has 1 aliphatic heterocycles. The molecule has 0 aromatic carbocycles. The lowest BCUT2D eigenvalue weighted by atomic mass is 10.1. The van der Waals surface area contributed by atoms with Gasteiger partial charge in [-0.1, -0.05) is 0 Å². The molecule has 1 unspecified atom stereocenters. The van der Waals surface area contributed by atoms with Gasteiger partial charge in [-0.25, -0.2) is 4.98 Å². The second-order valence-electron chi connectivity index (χ2n) is 4.61. The fraction of sp³-hybridized carbons (Fsp3) is 0.500. The van der Waals surface area contributed by atoms with Crippen molar-refractivity contribution < 1.29 is 19.5 Å². The van der Waals surface area contributed by atoms with Gasteiger partial charge in [0.2, 0.25) is 5.91 Å². The Morgan fingerprint density at radius 2 is 2.30 bits per heavy atom. The van der Waals surface area contributed by atoms with E-state index in [1.165, 1.54) is 18.3 Å². The lowest BCUT2D eigenvalue weighted by molar-refractivity contribution is -0.138. The van der Waals surface area contributed by atoms with Crippen LogP contribution in [0.25, 0.3) is 0 Å². The molecule has 8 heteroatoms. The standard InChI is InChI=1S/C12H15N3O4S/c1-7(16)13-12-14-9(6-20-12)11(19)15-4-2-3-8(15)5-10(17)18/h6,8H,2-5H2,1H3,(H,17,18)(H,13,14,16). The molecule has 2 heterocycles. The summed E-state index contributed by atoms with van der Waals surface area (Å²) in [6.45, 7) is 1.91. The smallest absolute Gasteiger partial charge is 0.305 e. The molecule has 1 aliphatic rings. The second-order valence-corrected chi connectivity index (χ2v) is 5.47. The van der Waals surface area contributed by atoms with Crippen molar-refractivity contribution in [1.82, 2.24) is 9.88 Å². The largest absolute Gasteiger partial charge is 0.481 e. The third-order valence-corrected chi connectivity index (χ3v) is 3.81. The summed E-state index contributed by atoms with van der Waals surface area (Å²) < 4.78 is 0. The molecule has 2 N–H and O–H groups in total. The van der Waals surface area contributed by atoms with Gasteiger partial charge >= 0.3 is 5.97 Å². The number of hydrogen-bond donors (Lipinski definition) is 2. The summed E-state index contributed by atoms with van der Waals surface area (Å²) in [6.07, 6.45) is 1.45. The highest BCUT2D eigenvalue weighted by Crippen LogP contribution is 2.24. The van der Waals surface area contributed by atoms with Gasteiger partial charge in [-0.05, 0) is 12.8 Å². The van der Waals surface area contributed by atoms with Gasteiger partial charge in [0.1, 0.15) is 5.69 Å². The lowest BCUT2D eigenvalue weighted by Crippen LogP contribution is -2.37. The number of anilines is 1. The van der Waals surface area contributed by atoms with Crippen LogP contribution >= 0.6 is 11.3 Å². The predicted molar refractivity (Wildman–Crippen MR) is 72.7 cm³/mol. The van der Waals surface area contributed by atoms with Crippen LogP contribution in [0.4, 0.5) is 5.13 Å². The maximum absolute atomic E-state index is 12.3. The average molecular weight is 297 g/mol. The van der Waals surface area contributed by atoms with Crippen LogP contribution in [0.3, 0.4) is 0 Å². The number of aliphatic carboxylic acids is 1. The van der Waals surface area contributed by atoms with Crippen LogP contribution in [0.1, 0.15) is 36.7 Å². The Labute approximate surface area is 119 Å². The zero-order chi connectivity index (χ0) is 14.7. The Hall–Kier alpha value is -1.96. The van der Waals surface area contributed by atoms with E-state index < -0.39 is 5.97 Å². The van der Waals surface area contributed by atoms with Crippen molar-refractivity contribution >= 4 is 34.3 Å². The monoisotopic (exact) mass is 297 g/mol. The van der Waals surface area contributed by atoms with Crippen LogP contribution in [-0.4, -0.2) is 45.4 Å². The first kappa shape index (κ1) is 14.4. The zero-order valence-electron chi connectivity index (χ0n) is 11.0. The summed E-state index contributed by atoms with van der Waals surface area (Å²) in [7, 11) is 0. The second kappa shape index (κ2) is 6.00. The minimum absolute atomic E-state index is 0.0472. The summed E-state index contributed by atoms with van der Waals surface area (Å²) in [5, 5.41) is 13.3. The molecule has 7 nitrogen and oxygen atoms in total. The summed E-state index contributed by atoms with van der Waals surface area (Å²) in [5.41, 5.74) is 0.246. The van der Waals surface area contributed by atoms with E-state index in [0.29, 0.717) is 18.1 Å². The lowest BCUT2D eigenvalue weighted by Gasteiger charge is -2.22. The van der Waals surface area contributed by atoms with Gasteiger partial charge in [0.05, 0.1) is 6.42 Å². The quantitative estimate of drug-likeness (QED) is 0.869. The molecule has 108 valence electrons. The molecule has 1 atom stereocenters. The highest BCUT2D eigenvalue weighted by Gasteiger charge is 2.32. The number of carboxylic acids is 1. The Kier molecular flexibility index (Phi) is 4.33. The van der Waals surface area contributed by atoms with Crippen LogP contribution < -0.4 is 5.32 Å². The van der Waals surface area contributed by atoms with E-state index >= 15 is 0 Å². The van der Waals surface area contributed by atoms with E-state index in [-0.39, 0.29) is 30.0 Å². The number of nitrogens with zero attached hydrogens (tertiary/aromatic N) is 2. The first-order chi connectivity index (χ1) is 9.47. The van der Waals surface area contributed by atoms with E-state index in [1.54, 1.807) is 10.3 Å². The van der Waals surface area contributed by atoms with Gasteiger partial charge in [-0.3, -0.25) is 14.4 Å². The number of thiazole rings is 1. The van der Waals surface area contributed by atoms with Crippen molar-refractivity contribution in [2.24, 2.45) is 0 Å². The van der Waals surface area contributed by atoms with E-state index in [0.717, 1.165) is 6.42 Å². The van der Waals surface area contributed by atoms with E-state index in [1.807, 2.05) is 0 Å². The molecule has 2 amide bonds. The van der Waals surface area contributed by atoms with Crippen molar-refractivity contribution in [3.05, 3.63) is 11.1 Å². The SMILES string of the molecule is CC(=O)Nc1nc(C(=O)N2CCCC2CC(=O)O)cs1. The summed E-state index contributed by atoms with van der Waals surface area (Å²) in [4.78, 5) is 39.6. The van der Waals surface area contributed by atoms with Gasteiger partial charge in [0.25, 0.3) is 5.91 Å². The first-order valence-electron chi connectivity index (χ1n) is 6.23. The Bertz CT molecular complexity index is 543. The maximum atomic E-state index is 12.3. The number of rotatable bonds is 4. The van der Waals surface area contributed by atoms with Gasteiger partial charge < -0.3 is 15.3 Å². The molecule has 20 heavy (non-hydrogen) atoms. The summed E-state index contributed by atoms with van der Waals surface area (Å²) >= 11 is 1.17. The minimum Gasteiger partial charge on any atom is -0.481 e. The van der Waals surface area contributed by atoms with Crippen LogP contribution in [0.5, 0.6) is 0 Å². The van der Waals surface area contributed by atoms with Crippen molar-refractivity contribution in [2.75, 3.05) is 11.9 Å².